The predicted octanol–water partition coefficient (Wildman–Crippen LogP) is 2.55. The molecule has 3 fully saturated rings. The molecule has 8 unspecified atom stereocenters. The van der Waals surface area contributed by atoms with Crippen molar-refractivity contribution in [3.05, 3.63) is 0 Å². The SMILES string of the molecule is CCC(C(C)CCCOC1CNC(C2OC2O)C1)C1CC1C. The number of rotatable bonds is 9. The number of nitrogens with one attached hydrogen (secondary N) is 1. The highest BCUT2D eigenvalue weighted by molar-refractivity contribution is 4.95. The Bertz CT molecular complexity index is 364. The van der Waals surface area contributed by atoms with Crippen LogP contribution in [0.1, 0.15) is 52.9 Å². The van der Waals surface area contributed by atoms with E-state index in [4.69, 9.17) is 9.47 Å². The van der Waals surface area contributed by atoms with Gasteiger partial charge in [-0.25, -0.2) is 0 Å². The van der Waals surface area contributed by atoms with Gasteiger partial charge in [0.1, 0.15) is 6.10 Å². The number of ether oxygens (including phenoxy) is 2. The minimum absolute atomic E-state index is 0.000494. The summed E-state index contributed by atoms with van der Waals surface area (Å²) < 4.78 is 11.1. The molecule has 2 N–H and O–H groups in total. The van der Waals surface area contributed by atoms with Crippen molar-refractivity contribution in [1.82, 2.24) is 5.32 Å². The molecule has 2 aliphatic heterocycles. The first-order chi connectivity index (χ1) is 10.6. The van der Waals surface area contributed by atoms with E-state index in [1.165, 1.54) is 25.7 Å². The van der Waals surface area contributed by atoms with Crippen LogP contribution in [0.3, 0.4) is 0 Å². The lowest BCUT2D eigenvalue weighted by molar-refractivity contribution is 0.0584. The van der Waals surface area contributed by atoms with Crippen molar-refractivity contribution in [3.8, 4) is 0 Å². The fraction of sp³-hybridized carbons (Fsp3) is 1.00. The summed E-state index contributed by atoms with van der Waals surface area (Å²) in [5, 5.41) is 12.7. The zero-order valence-electron chi connectivity index (χ0n) is 14.3. The molecule has 0 bridgehead atoms. The van der Waals surface area contributed by atoms with Crippen LogP contribution in [-0.2, 0) is 9.47 Å². The number of epoxide rings is 1. The average Bonchev–Trinajstić information content (AvgIpc) is 3.34. The third-order valence-electron chi connectivity index (χ3n) is 6.10. The van der Waals surface area contributed by atoms with Crippen LogP contribution in [0.5, 0.6) is 0 Å². The van der Waals surface area contributed by atoms with Crippen molar-refractivity contribution in [1.29, 1.82) is 0 Å². The normalized spacial score (nSPS) is 43.1. The fourth-order valence-corrected chi connectivity index (χ4v) is 4.46. The zero-order valence-corrected chi connectivity index (χ0v) is 14.3. The van der Waals surface area contributed by atoms with Crippen molar-refractivity contribution in [2.45, 2.75) is 77.4 Å². The highest BCUT2D eigenvalue weighted by atomic mass is 16.7. The average molecular weight is 311 g/mol. The Morgan fingerprint density at radius 1 is 1.36 bits per heavy atom. The fourth-order valence-electron chi connectivity index (χ4n) is 4.46. The van der Waals surface area contributed by atoms with Crippen molar-refractivity contribution in [2.75, 3.05) is 13.2 Å². The van der Waals surface area contributed by atoms with Crippen LogP contribution in [0.25, 0.3) is 0 Å². The molecule has 22 heavy (non-hydrogen) atoms. The van der Waals surface area contributed by atoms with E-state index in [2.05, 4.69) is 26.1 Å². The van der Waals surface area contributed by atoms with Gasteiger partial charge in [0.25, 0.3) is 0 Å². The highest BCUT2D eigenvalue weighted by Gasteiger charge is 2.46. The Morgan fingerprint density at radius 2 is 2.09 bits per heavy atom. The lowest BCUT2D eigenvalue weighted by atomic mass is 9.84. The Hall–Kier alpha value is -0.160. The summed E-state index contributed by atoms with van der Waals surface area (Å²) in [5.41, 5.74) is 0. The van der Waals surface area contributed by atoms with Gasteiger partial charge >= 0.3 is 0 Å². The third kappa shape index (κ3) is 4.02. The summed E-state index contributed by atoms with van der Waals surface area (Å²) in [6.07, 6.45) is 5.94. The van der Waals surface area contributed by atoms with Crippen LogP contribution in [0.4, 0.5) is 0 Å². The van der Waals surface area contributed by atoms with Crippen molar-refractivity contribution >= 4 is 0 Å². The molecule has 0 aromatic heterocycles. The van der Waals surface area contributed by atoms with Gasteiger partial charge in [-0.2, -0.15) is 0 Å². The molecule has 0 radical (unpaired) electrons. The maximum atomic E-state index is 9.29. The van der Waals surface area contributed by atoms with Gasteiger partial charge in [0.05, 0.1) is 6.10 Å². The van der Waals surface area contributed by atoms with Gasteiger partial charge in [-0.3, -0.25) is 0 Å². The van der Waals surface area contributed by atoms with Gasteiger partial charge in [0.15, 0.2) is 6.29 Å². The van der Waals surface area contributed by atoms with Crippen molar-refractivity contribution in [3.63, 3.8) is 0 Å². The summed E-state index contributed by atoms with van der Waals surface area (Å²) in [6, 6.07) is 0.278. The van der Waals surface area contributed by atoms with Gasteiger partial charge in [-0.15, -0.1) is 0 Å². The van der Waals surface area contributed by atoms with Crippen LogP contribution in [-0.4, -0.2) is 42.8 Å². The predicted molar refractivity (Wildman–Crippen MR) is 86.5 cm³/mol. The van der Waals surface area contributed by atoms with Crippen LogP contribution in [0.15, 0.2) is 0 Å². The summed E-state index contributed by atoms with van der Waals surface area (Å²) in [4.78, 5) is 0. The Kier molecular flexibility index (Phi) is 5.43. The largest absolute Gasteiger partial charge is 0.377 e. The standard InChI is InChI=1S/C18H33NO3/c1-4-14(15-8-12(15)3)11(2)6-5-7-21-13-9-16(19-10-13)17-18(20)22-17/h11-20H,4-10H2,1-3H3. The molecule has 1 aliphatic carbocycles. The van der Waals surface area contributed by atoms with E-state index in [-0.39, 0.29) is 12.1 Å². The topological polar surface area (TPSA) is 54.0 Å². The van der Waals surface area contributed by atoms with E-state index >= 15 is 0 Å². The number of hydrogen-bond donors (Lipinski definition) is 2. The molecule has 3 rings (SSSR count). The minimum Gasteiger partial charge on any atom is -0.377 e. The molecule has 0 aromatic rings. The molecule has 0 amide bonds. The van der Waals surface area contributed by atoms with E-state index in [1.54, 1.807) is 0 Å². The summed E-state index contributed by atoms with van der Waals surface area (Å²) in [7, 11) is 0. The van der Waals surface area contributed by atoms with Crippen LogP contribution in [0, 0.1) is 23.7 Å². The van der Waals surface area contributed by atoms with E-state index < -0.39 is 6.29 Å². The van der Waals surface area contributed by atoms with E-state index in [9.17, 15) is 5.11 Å². The van der Waals surface area contributed by atoms with Crippen LogP contribution in [0.2, 0.25) is 0 Å². The Balaban J connectivity index is 1.27. The number of aliphatic hydroxyl groups excluding tert-OH is 1. The molecule has 0 aromatic carbocycles. The quantitative estimate of drug-likeness (QED) is 0.507. The molecular weight excluding hydrogens is 278 g/mol. The number of hydrogen-bond acceptors (Lipinski definition) is 4. The van der Waals surface area contributed by atoms with Gasteiger partial charge in [0, 0.05) is 19.2 Å². The summed E-state index contributed by atoms with van der Waals surface area (Å²) in [6.45, 7) is 8.94. The van der Waals surface area contributed by atoms with Crippen LogP contribution < -0.4 is 5.32 Å². The highest BCUT2D eigenvalue weighted by Crippen LogP contribution is 2.48. The lowest BCUT2D eigenvalue weighted by Crippen LogP contribution is -2.28. The van der Waals surface area contributed by atoms with Crippen molar-refractivity contribution < 1.29 is 14.6 Å². The maximum Gasteiger partial charge on any atom is 0.183 e. The minimum atomic E-state index is -0.548. The first kappa shape index (κ1) is 16.7. The molecule has 4 nitrogen and oxygen atoms in total. The summed E-state index contributed by atoms with van der Waals surface area (Å²) in [5.74, 6) is 3.70. The monoisotopic (exact) mass is 311 g/mol. The van der Waals surface area contributed by atoms with E-state index in [1.807, 2.05) is 0 Å². The van der Waals surface area contributed by atoms with Gasteiger partial charge in [-0.1, -0.05) is 27.2 Å². The van der Waals surface area contributed by atoms with E-state index in [0.29, 0.717) is 6.10 Å². The Morgan fingerprint density at radius 3 is 2.68 bits per heavy atom. The van der Waals surface area contributed by atoms with Gasteiger partial charge < -0.3 is 19.9 Å². The maximum absolute atomic E-state index is 9.29. The molecule has 4 heteroatoms. The molecule has 3 aliphatic rings. The third-order valence-corrected chi connectivity index (χ3v) is 6.10. The summed E-state index contributed by atoms with van der Waals surface area (Å²) >= 11 is 0. The second-order valence-corrected chi connectivity index (χ2v) is 7.80. The lowest BCUT2D eigenvalue weighted by Gasteiger charge is -2.23. The molecule has 8 atom stereocenters. The molecule has 2 saturated heterocycles. The molecular formula is C18H33NO3. The Labute approximate surface area is 134 Å². The van der Waals surface area contributed by atoms with Gasteiger partial charge in [-0.05, 0) is 49.4 Å². The first-order valence-electron chi connectivity index (χ1n) is 9.28. The van der Waals surface area contributed by atoms with Crippen LogP contribution >= 0.6 is 0 Å². The van der Waals surface area contributed by atoms with E-state index in [0.717, 1.165) is 43.2 Å². The number of aliphatic hydroxyl groups is 1. The second-order valence-electron chi connectivity index (χ2n) is 7.80. The van der Waals surface area contributed by atoms with Gasteiger partial charge in [0.2, 0.25) is 0 Å². The smallest absolute Gasteiger partial charge is 0.183 e. The second kappa shape index (κ2) is 7.16. The molecule has 2 heterocycles. The van der Waals surface area contributed by atoms with Crippen molar-refractivity contribution in [2.24, 2.45) is 23.7 Å². The molecule has 128 valence electrons. The zero-order chi connectivity index (χ0) is 15.7. The molecule has 0 spiro atoms. The first-order valence-corrected chi connectivity index (χ1v) is 9.28. The molecule has 1 saturated carbocycles.